The third-order valence-corrected chi connectivity index (χ3v) is 4.63. The summed E-state index contributed by atoms with van der Waals surface area (Å²) in [4.78, 5) is 16.6. The van der Waals surface area contributed by atoms with Crippen LogP contribution in [-0.4, -0.2) is 67.2 Å². The number of carbonyl (C=O) groups is 1. The Hall–Kier alpha value is -0.650. The first-order valence-corrected chi connectivity index (χ1v) is 8.08. The van der Waals surface area contributed by atoms with Gasteiger partial charge >= 0.3 is 0 Å². The van der Waals surface area contributed by atoms with Crippen molar-refractivity contribution in [3.05, 3.63) is 0 Å². The average Bonchev–Trinajstić information content (AvgIpc) is 3.00. The number of nitrogens with zero attached hydrogens (tertiary/aromatic N) is 2. The van der Waals surface area contributed by atoms with Crippen molar-refractivity contribution in [2.45, 2.75) is 51.2 Å². The fourth-order valence-electron chi connectivity index (χ4n) is 3.22. The summed E-state index contributed by atoms with van der Waals surface area (Å²) in [5, 5.41) is 0. The van der Waals surface area contributed by atoms with Crippen molar-refractivity contribution < 1.29 is 9.53 Å². The van der Waals surface area contributed by atoms with E-state index in [-0.39, 0.29) is 0 Å². The van der Waals surface area contributed by atoms with E-state index in [2.05, 4.69) is 11.8 Å². The summed E-state index contributed by atoms with van der Waals surface area (Å²) in [6, 6.07) is 0.471. The number of nitrogens with two attached hydrogens (primary N) is 1. The van der Waals surface area contributed by atoms with E-state index in [1.54, 1.807) is 0 Å². The molecular weight excluding hydrogens is 254 g/mol. The molecule has 2 saturated heterocycles. The van der Waals surface area contributed by atoms with E-state index in [0.717, 1.165) is 58.5 Å². The summed E-state index contributed by atoms with van der Waals surface area (Å²) >= 11 is 0. The quantitative estimate of drug-likeness (QED) is 0.784. The molecule has 0 spiro atoms. The van der Waals surface area contributed by atoms with E-state index in [1.165, 1.54) is 0 Å². The Morgan fingerprint density at radius 3 is 2.65 bits per heavy atom. The van der Waals surface area contributed by atoms with Crippen molar-refractivity contribution in [3.8, 4) is 0 Å². The van der Waals surface area contributed by atoms with Gasteiger partial charge in [-0.1, -0.05) is 6.92 Å². The van der Waals surface area contributed by atoms with Gasteiger partial charge in [-0.3, -0.25) is 9.69 Å². The second-order valence-corrected chi connectivity index (χ2v) is 5.89. The first kappa shape index (κ1) is 15.7. The molecule has 0 radical (unpaired) electrons. The zero-order chi connectivity index (χ0) is 14.4. The van der Waals surface area contributed by atoms with Crippen molar-refractivity contribution in [1.29, 1.82) is 0 Å². The van der Waals surface area contributed by atoms with E-state index >= 15 is 0 Å². The third-order valence-electron chi connectivity index (χ3n) is 4.63. The van der Waals surface area contributed by atoms with Crippen molar-refractivity contribution >= 4 is 5.91 Å². The van der Waals surface area contributed by atoms with Crippen LogP contribution in [-0.2, 0) is 9.53 Å². The molecule has 20 heavy (non-hydrogen) atoms. The molecule has 2 unspecified atom stereocenters. The summed E-state index contributed by atoms with van der Waals surface area (Å²) in [5.41, 5.74) is 5.79. The lowest BCUT2D eigenvalue weighted by atomic mass is 10.1. The number of rotatable bonds is 6. The van der Waals surface area contributed by atoms with Gasteiger partial charge in [-0.05, 0) is 25.7 Å². The average molecular weight is 283 g/mol. The zero-order valence-electron chi connectivity index (χ0n) is 12.7. The molecular formula is C15H29N3O2. The van der Waals surface area contributed by atoms with Crippen LogP contribution in [0.3, 0.4) is 0 Å². The Bertz CT molecular complexity index is 293. The van der Waals surface area contributed by atoms with Crippen LogP contribution in [0, 0.1) is 0 Å². The highest BCUT2D eigenvalue weighted by atomic mass is 16.5. The standard InChI is InChI=1S/C15H29N3O2/c1-2-13(12-16)17-7-9-18(10-8-17)15(19)6-5-14-4-3-11-20-14/h13-14H,2-12,16H2,1H3. The lowest BCUT2D eigenvalue weighted by Crippen LogP contribution is -2.53. The third kappa shape index (κ3) is 4.17. The molecule has 2 aliphatic rings. The Morgan fingerprint density at radius 1 is 1.35 bits per heavy atom. The van der Waals surface area contributed by atoms with Crippen molar-refractivity contribution in [1.82, 2.24) is 9.80 Å². The highest BCUT2D eigenvalue weighted by Crippen LogP contribution is 2.18. The molecule has 2 atom stereocenters. The van der Waals surface area contributed by atoms with Gasteiger partial charge in [-0.2, -0.15) is 0 Å². The van der Waals surface area contributed by atoms with Crippen LogP contribution in [0.4, 0.5) is 0 Å². The van der Waals surface area contributed by atoms with E-state index in [1.807, 2.05) is 4.90 Å². The molecule has 2 aliphatic heterocycles. The van der Waals surface area contributed by atoms with Crippen LogP contribution in [0.2, 0.25) is 0 Å². The van der Waals surface area contributed by atoms with Gasteiger partial charge in [0.1, 0.15) is 0 Å². The number of hydrogen-bond acceptors (Lipinski definition) is 4. The van der Waals surface area contributed by atoms with Crippen molar-refractivity contribution in [3.63, 3.8) is 0 Å². The molecule has 0 aromatic heterocycles. The smallest absolute Gasteiger partial charge is 0.222 e. The van der Waals surface area contributed by atoms with E-state index in [4.69, 9.17) is 10.5 Å². The number of ether oxygens (including phenoxy) is 1. The molecule has 116 valence electrons. The van der Waals surface area contributed by atoms with E-state index < -0.39 is 0 Å². The minimum absolute atomic E-state index is 0.293. The van der Waals surface area contributed by atoms with Gasteiger partial charge in [-0.25, -0.2) is 0 Å². The predicted octanol–water partition coefficient (Wildman–Crippen LogP) is 0.827. The summed E-state index contributed by atoms with van der Waals surface area (Å²) in [6.45, 7) is 7.37. The monoisotopic (exact) mass is 283 g/mol. The lowest BCUT2D eigenvalue weighted by Gasteiger charge is -2.38. The second-order valence-electron chi connectivity index (χ2n) is 5.89. The first-order valence-electron chi connectivity index (χ1n) is 8.08. The molecule has 1 amide bonds. The van der Waals surface area contributed by atoms with Gasteiger partial charge in [0.2, 0.25) is 5.91 Å². The van der Waals surface area contributed by atoms with Gasteiger partial charge in [0.15, 0.2) is 0 Å². The lowest BCUT2D eigenvalue weighted by molar-refractivity contribution is -0.133. The Balaban J connectivity index is 1.68. The van der Waals surface area contributed by atoms with Gasteiger partial charge in [-0.15, -0.1) is 0 Å². The Labute approximate surface area is 122 Å². The van der Waals surface area contributed by atoms with Gasteiger partial charge in [0.25, 0.3) is 0 Å². The predicted molar refractivity (Wildman–Crippen MR) is 79.5 cm³/mol. The normalized spacial score (nSPS) is 25.9. The van der Waals surface area contributed by atoms with Crippen LogP contribution < -0.4 is 5.73 Å². The highest BCUT2D eigenvalue weighted by Gasteiger charge is 2.25. The largest absolute Gasteiger partial charge is 0.378 e. The minimum Gasteiger partial charge on any atom is -0.378 e. The van der Waals surface area contributed by atoms with Crippen LogP contribution in [0.5, 0.6) is 0 Å². The molecule has 0 saturated carbocycles. The molecule has 0 aromatic carbocycles. The second kappa shape index (κ2) is 7.96. The zero-order valence-corrected chi connectivity index (χ0v) is 12.7. The molecule has 0 aliphatic carbocycles. The fourth-order valence-corrected chi connectivity index (χ4v) is 3.22. The molecule has 2 heterocycles. The van der Waals surface area contributed by atoms with Gasteiger partial charge in [0.05, 0.1) is 6.10 Å². The summed E-state index contributed by atoms with van der Waals surface area (Å²) in [5.74, 6) is 0.293. The minimum atomic E-state index is 0.293. The molecule has 2 fully saturated rings. The molecule has 0 aromatic rings. The van der Waals surface area contributed by atoms with Crippen LogP contribution in [0.1, 0.15) is 39.0 Å². The van der Waals surface area contributed by atoms with Crippen LogP contribution in [0.15, 0.2) is 0 Å². The maximum atomic E-state index is 12.2. The van der Waals surface area contributed by atoms with Gasteiger partial charge < -0.3 is 15.4 Å². The molecule has 5 heteroatoms. The molecule has 0 bridgehead atoms. The Morgan fingerprint density at radius 2 is 2.10 bits per heavy atom. The van der Waals surface area contributed by atoms with E-state index in [0.29, 0.717) is 31.0 Å². The highest BCUT2D eigenvalue weighted by molar-refractivity contribution is 5.76. The number of amides is 1. The topological polar surface area (TPSA) is 58.8 Å². The molecule has 2 rings (SSSR count). The van der Waals surface area contributed by atoms with Gasteiger partial charge in [0, 0.05) is 51.8 Å². The number of carbonyl (C=O) groups excluding carboxylic acids is 1. The summed E-state index contributed by atoms with van der Waals surface area (Å²) in [7, 11) is 0. The summed E-state index contributed by atoms with van der Waals surface area (Å²) < 4.78 is 5.58. The van der Waals surface area contributed by atoms with E-state index in [9.17, 15) is 4.79 Å². The Kier molecular flexibility index (Phi) is 6.26. The maximum Gasteiger partial charge on any atom is 0.222 e. The summed E-state index contributed by atoms with van der Waals surface area (Å²) in [6.07, 6.45) is 5.20. The molecule has 2 N–H and O–H groups in total. The van der Waals surface area contributed by atoms with Crippen molar-refractivity contribution in [2.24, 2.45) is 5.73 Å². The van der Waals surface area contributed by atoms with Crippen LogP contribution >= 0.6 is 0 Å². The fraction of sp³-hybridized carbons (Fsp3) is 0.933. The van der Waals surface area contributed by atoms with Crippen LogP contribution in [0.25, 0.3) is 0 Å². The number of hydrogen-bond donors (Lipinski definition) is 1. The SMILES string of the molecule is CCC(CN)N1CCN(C(=O)CCC2CCCO2)CC1. The first-order chi connectivity index (χ1) is 9.74. The maximum absolute atomic E-state index is 12.2. The number of piperazine rings is 1. The molecule has 5 nitrogen and oxygen atoms in total. The van der Waals surface area contributed by atoms with Crippen molar-refractivity contribution in [2.75, 3.05) is 39.3 Å².